The number of fused-ring (bicyclic) bond motifs is 2. The molecular formula is C34H42N4O7Si. The molecule has 46 heavy (non-hydrogen) atoms. The molecule has 4 saturated heterocycles. The third kappa shape index (κ3) is 4.80. The predicted molar refractivity (Wildman–Crippen MR) is 174 cm³/mol. The molecule has 2 aromatic carbocycles. The molecule has 5 atom stereocenters. The molecule has 2 aromatic rings. The van der Waals surface area contributed by atoms with E-state index in [0.29, 0.717) is 49.4 Å². The van der Waals surface area contributed by atoms with Crippen LogP contribution in [-0.2, 0) is 36.1 Å². The highest BCUT2D eigenvalue weighted by molar-refractivity contribution is 6.71. The Morgan fingerprint density at radius 1 is 0.978 bits per heavy atom. The van der Waals surface area contributed by atoms with Gasteiger partial charge in [0.25, 0.3) is 5.91 Å². The number of aliphatic hydroxyl groups is 1. The first-order chi connectivity index (χ1) is 21.9. The van der Waals surface area contributed by atoms with Crippen molar-refractivity contribution < 1.29 is 33.8 Å². The highest BCUT2D eigenvalue weighted by Gasteiger charge is 2.66. The second-order valence-corrected chi connectivity index (χ2v) is 18.0. The molecule has 0 unspecified atom stereocenters. The van der Waals surface area contributed by atoms with Gasteiger partial charge in [-0.25, -0.2) is 0 Å². The summed E-state index contributed by atoms with van der Waals surface area (Å²) in [6.07, 6.45) is 1.89. The van der Waals surface area contributed by atoms with E-state index in [-0.39, 0.29) is 49.2 Å². The fraction of sp³-hybridized carbons (Fsp3) is 0.529. The van der Waals surface area contributed by atoms with Crippen molar-refractivity contribution in [2.75, 3.05) is 40.9 Å². The summed E-state index contributed by atoms with van der Waals surface area (Å²) >= 11 is 0. The number of aliphatic hydroxyl groups excluding tert-OH is 1. The zero-order valence-corrected chi connectivity index (χ0v) is 27.6. The van der Waals surface area contributed by atoms with Gasteiger partial charge < -0.3 is 34.2 Å². The molecule has 4 fully saturated rings. The lowest BCUT2D eigenvalue weighted by atomic mass is 9.82. The Hall–Kier alpha value is -3.58. The molecule has 0 radical (unpaired) electrons. The quantitative estimate of drug-likeness (QED) is 0.333. The Kier molecular flexibility index (Phi) is 7.62. The molecule has 5 heterocycles. The minimum atomic E-state index is -3.00. The molecule has 2 N–H and O–H groups in total. The molecule has 5 aliphatic rings. The van der Waals surface area contributed by atoms with Crippen molar-refractivity contribution >= 4 is 49.0 Å². The molecule has 11 nitrogen and oxygen atoms in total. The fourth-order valence-electron chi connectivity index (χ4n) is 8.37. The maximum absolute atomic E-state index is 14.8. The second-order valence-electron chi connectivity index (χ2n) is 14.0. The van der Waals surface area contributed by atoms with E-state index in [0.717, 1.165) is 24.1 Å². The van der Waals surface area contributed by atoms with E-state index < -0.39 is 31.5 Å². The predicted octanol–water partition coefficient (Wildman–Crippen LogP) is 2.88. The maximum Gasteiger partial charge on any atom is 0.264 e. The van der Waals surface area contributed by atoms with Crippen LogP contribution in [0.1, 0.15) is 50.2 Å². The van der Waals surface area contributed by atoms with Crippen LogP contribution in [0.15, 0.2) is 42.5 Å². The minimum absolute atomic E-state index is 0.00778. The Balaban J connectivity index is 1.26. The highest BCUT2D eigenvalue weighted by Crippen LogP contribution is 2.60. The van der Waals surface area contributed by atoms with Crippen molar-refractivity contribution in [1.29, 1.82) is 0 Å². The summed E-state index contributed by atoms with van der Waals surface area (Å²) in [5.74, 6) is -0.737. The Bertz CT molecular complexity index is 1590. The number of benzene rings is 2. The number of likely N-dealkylation sites (tertiary alicyclic amines) is 1. The summed E-state index contributed by atoms with van der Waals surface area (Å²) in [6.45, 7) is 7.63. The number of β-lactam (4-membered cyclic amide) rings is 2. The van der Waals surface area contributed by atoms with Crippen LogP contribution in [0.2, 0.25) is 18.6 Å². The summed E-state index contributed by atoms with van der Waals surface area (Å²) in [5, 5.41) is 9.86. The number of anilines is 3. The number of ether oxygens (including phenoxy) is 1. The van der Waals surface area contributed by atoms with Gasteiger partial charge in [0, 0.05) is 60.9 Å². The van der Waals surface area contributed by atoms with Gasteiger partial charge >= 0.3 is 0 Å². The van der Waals surface area contributed by atoms with Gasteiger partial charge in [-0.05, 0) is 61.8 Å². The minimum Gasteiger partial charge on any atom is -0.432 e. The number of hydrogen-bond donors (Lipinski definition) is 2. The lowest BCUT2D eigenvalue weighted by Crippen LogP contribution is -2.46. The Morgan fingerprint density at radius 3 is 2.22 bits per heavy atom. The van der Waals surface area contributed by atoms with Crippen LogP contribution in [0.4, 0.5) is 17.1 Å². The van der Waals surface area contributed by atoms with Crippen molar-refractivity contribution in [3.63, 3.8) is 0 Å². The number of carbonyl (C=O) groups excluding carboxylic acids is 4. The van der Waals surface area contributed by atoms with E-state index in [1.807, 2.05) is 62.5 Å². The van der Waals surface area contributed by atoms with Crippen molar-refractivity contribution in [2.45, 2.75) is 82.0 Å². The highest BCUT2D eigenvalue weighted by atomic mass is 28.4. The Labute approximate surface area is 269 Å². The van der Waals surface area contributed by atoms with Crippen LogP contribution < -0.4 is 14.7 Å². The first-order valence-electron chi connectivity index (χ1n) is 16.4. The van der Waals surface area contributed by atoms with Gasteiger partial charge in [0.1, 0.15) is 0 Å². The molecule has 12 heteroatoms. The first kappa shape index (κ1) is 31.0. The lowest BCUT2D eigenvalue weighted by molar-refractivity contribution is -0.150. The topological polar surface area (TPSA) is 131 Å². The number of amides is 4. The van der Waals surface area contributed by atoms with E-state index >= 15 is 0 Å². The lowest BCUT2D eigenvalue weighted by Gasteiger charge is -2.34. The monoisotopic (exact) mass is 646 g/mol. The van der Waals surface area contributed by atoms with Crippen LogP contribution in [0.3, 0.4) is 0 Å². The molecule has 4 amide bonds. The summed E-state index contributed by atoms with van der Waals surface area (Å²) in [5.41, 5.74) is 1.86. The number of nitrogens with zero attached hydrogens (tertiary/aromatic N) is 4. The van der Waals surface area contributed by atoms with E-state index in [1.165, 1.54) is 0 Å². The smallest absolute Gasteiger partial charge is 0.264 e. The summed E-state index contributed by atoms with van der Waals surface area (Å²) in [6, 6.07) is 13.0. The van der Waals surface area contributed by atoms with Crippen LogP contribution >= 0.6 is 0 Å². The van der Waals surface area contributed by atoms with Gasteiger partial charge in [-0.1, -0.05) is 19.1 Å². The van der Waals surface area contributed by atoms with E-state index in [9.17, 15) is 29.1 Å². The van der Waals surface area contributed by atoms with E-state index in [1.54, 1.807) is 19.6 Å². The molecule has 5 aliphatic heterocycles. The standard InChI is InChI=1S/C34H42N4O7Si/c1-21-32(46(2,3)44)28(18-31(42)35-14-4-5-25(35)20-39)45-34(21)26-17-24(37-16-13-30(37)41)10-11-27(26)38(33(34)43)19-22-6-8-23(9-7-22)36-15-12-29(36)40/h6-11,17,21,25,28,32,39,44H,4-5,12-16,18-20H2,1-3H3/t21-,25-,28+,32-,34+/m0/s1. The molecule has 244 valence electrons. The van der Waals surface area contributed by atoms with Crippen molar-refractivity contribution in [3.05, 3.63) is 53.6 Å². The van der Waals surface area contributed by atoms with Crippen LogP contribution in [0, 0.1) is 5.92 Å². The Morgan fingerprint density at radius 2 is 1.63 bits per heavy atom. The number of hydrogen-bond acceptors (Lipinski definition) is 7. The average molecular weight is 647 g/mol. The van der Waals surface area contributed by atoms with Gasteiger partial charge in [0.15, 0.2) is 13.9 Å². The van der Waals surface area contributed by atoms with Crippen molar-refractivity contribution in [1.82, 2.24) is 4.90 Å². The molecule has 0 bridgehead atoms. The summed E-state index contributed by atoms with van der Waals surface area (Å²) < 4.78 is 6.89. The number of rotatable bonds is 8. The van der Waals surface area contributed by atoms with Crippen molar-refractivity contribution in [3.8, 4) is 0 Å². The maximum atomic E-state index is 14.8. The normalized spacial score (nSPS) is 29.1. The van der Waals surface area contributed by atoms with Crippen molar-refractivity contribution in [2.24, 2.45) is 5.92 Å². The zero-order valence-electron chi connectivity index (χ0n) is 26.6. The fourth-order valence-corrected chi connectivity index (χ4v) is 10.9. The SMILES string of the molecule is C[C@H]1[C@H]([Si](C)(C)O)[C@@H](CC(=O)N2CCC[C@H]2CO)O[C@]12C(=O)N(Cc1ccc(N3CCC3=O)cc1)c1ccc(N3CCC3=O)cc12. The van der Waals surface area contributed by atoms with Gasteiger partial charge in [-0.2, -0.15) is 0 Å². The zero-order chi connectivity index (χ0) is 32.5. The molecular weight excluding hydrogens is 604 g/mol. The third-order valence-electron chi connectivity index (χ3n) is 10.9. The first-order valence-corrected chi connectivity index (χ1v) is 19.4. The van der Waals surface area contributed by atoms with Gasteiger partial charge in [-0.15, -0.1) is 0 Å². The molecule has 0 aliphatic carbocycles. The van der Waals surface area contributed by atoms with Crippen LogP contribution in [0.5, 0.6) is 0 Å². The molecule has 7 rings (SSSR count). The molecule has 0 aromatic heterocycles. The molecule has 1 spiro atoms. The summed E-state index contributed by atoms with van der Waals surface area (Å²) in [7, 11) is -3.00. The number of carbonyl (C=O) groups is 4. The van der Waals surface area contributed by atoms with E-state index in [4.69, 9.17) is 4.74 Å². The largest absolute Gasteiger partial charge is 0.432 e. The van der Waals surface area contributed by atoms with Gasteiger partial charge in [0.05, 0.1) is 37.4 Å². The van der Waals surface area contributed by atoms with Crippen LogP contribution in [-0.4, -0.2) is 85.1 Å². The second kappa shape index (κ2) is 11.3. The van der Waals surface area contributed by atoms with Gasteiger partial charge in [0.2, 0.25) is 17.7 Å². The van der Waals surface area contributed by atoms with E-state index in [2.05, 4.69) is 0 Å². The summed E-state index contributed by atoms with van der Waals surface area (Å²) in [4.78, 5) is 71.4. The third-order valence-corrected chi connectivity index (χ3v) is 13.4. The average Bonchev–Trinajstić information content (AvgIpc) is 3.67. The van der Waals surface area contributed by atoms with Gasteiger partial charge in [-0.3, -0.25) is 19.2 Å². The molecule has 0 saturated carbocycles. The van der Waals surface area contributed by atoms with Crippen LogP contribution in [0.25, 0.3) is 0 Å².